The van der Waals surface area contributed by atoms with Crippen LogP contribution < -0.4 is 0 Å². The fraction of sp³-hybridized carbons (Fsp3) is 0.941. The van der Waals surface area contributed by atoms with Crippen molar-refractivity contribution in [2.24, 2.45) is 5.92 Å². The number of ether oxygens (including phenoxy) is 3. The van der Waals surface area contributed by atoms with Crippen LogP contribution in [0, 0.1) is 5.92 Å². The van der Waals surface area contributed by atoms with Crippen LogP contribution >= 0.6 is 15.9 Å². The van der Waals surface area contributed by atoms with Gasteiger partial charge in [-0.2, -0.15) is 0 Å². The Labute approximate surface area is 148 Å². The molecule has 134 valence electrons. The fourth-order valence-corrected chi connectivity index (χ4v) is 3.32. The zero-order valence-corrected chi connectivity index (χ0v) is 16.2. The number of halogens is 1. The molecule has 0 bridgehead atoms. The molecule has 2 aliphatic rings. The Morgan fingerprint density at radius 3 is 2.65 bits per heavy atom. The van der Waals surface area contributed by atoms with Gasteiger partial charge in [-0.3, -0.25) is 0 Å². The van der Waals surface area contributed by atoms with E-state index in [-0.39, 0.29) is 11.7 Å². The van der Waals surface area contributed by atoms with Gasteiger partial charge in [0.1, 0.15) is 5.60 Å². The number of piperidine rings is 1. The molecule has 0 radical (unpaired) electrons. The molecule has 0 aromatic carbocycles. The van der Waals surface area contributed by atoms with Crippen molar-refractivity contribution in [3.8, 4) is 0 Å². The minimum atomic E-state index is -0.469. The van der Waals surface area contributed by atoms with Crippen LogP contribution in [0.2, 0.25) is 0 Å². The number of nitrogens with zero attached hydrogens (tertiary/aromatic N) is 1. The third-order valence-corrected chi connectivity index (χ3v) is 5.14. The Hall–Kier alpha value is -0.330. The summed E-state index contributed by atoms with van der Waals surface area (Å²) < 4.78 is 17.2. The average molecular weight is 392 g/mol. The van der Waals surface area contributed by atoms with Crippen LogP contribution in [0.1, 0.15) is 46.5 Å². The van der Waals surface area contributed by atoms with Crippen molar-refractivity contribution >= 4 is 22.0 Å². The van der Waals surface area contributed by atoms with Crippen LogP contribution in [-0.4, -0.2) is 60.4 Å². The van der Waals surface area contributed by atoms with Crippen molar-refractivity contribution in [2.75, 3.05) is 38.2 Å². The number of hydrogen-bond acceptors (Lipinski definition) is 4. The highest BCUT2D eigenvalue weighted by Gasteiger charge is 2.38. The summed E-state index contributed by atoms with van der Waals surface area (Å²) in [6, 6.07) is 0. The maximum Gasteiger partial charge on any atom is 0.410 e. The van der Waals surface area contributed by atoms with Crippen molar-refractivity contribution in [3.05, 3.63) is 0 Å². The molecule has 1 atom stereocenters. The molecular weight excluding hydrogens is 362 g/mol. The number of amides is 1. The molecule has 1 heterocycles. The van der Waals surface area contributed by atoms with E-state index in [1.165, 1.54) is 12.8 Å². The van der Waals surface area contributed by atoms with E-state index < -0.39 is 5.60 Å². The van der Waals surface area contributed by atoms with Gasteiger partial charge in [-0.15, -0.1) is 0 Å². The molecule has 1 saturated heterocycles. The van der Waals surface area contributed by atoms with E-state index in [4.69, 9.17) is 14.2 Å². The van der Waals surface area contributed by atoms with Gasteiger partial charge in [0.05, 0.1) is 25.4 Å². The number of alkyl halides is 1. The van der Waals surface area contributed by atoms with Crippen LogP contribution in [0.15, 0.2) is 0 Å². The van der Waals surface area contributed by atoms with Gasteiger partial charge >= 0.3 is 6.09 Å². The fourth-order valence-electron chi connectivity index (χ4n) is 2.70. The molecule has 0 spiro atoms. The first-order chi connectivity index (χ1) is 10.8. The second-order valence-corrected chi connectivity index (χ2v) is 8.25. The number of likely N-dealkylation sites (tertiary alicyclic amines) is 1. The molecule has 6 heteroatoms. The Bertz CT molecular complexity index is 395. The lowest BCUT2D eigenvalue weighted by atomic mass is 9.95. The van der Waals surface area contributed by atoms with Crippen molar-refractivity contribution in [3.63, 3.8) is 0 Å². The summed E-state index contributed by atoms with van der Waals surface area (Å²) in [5.41, 5.74) is -0.804. The van der Waals surface area contributed by atoms with E-state index in [2.05, 4.69) is 15.9 Å². The predicted octanol–water partition coefficient (Wildman–Crippen LogP) is 3.59. The lowest BCUT2D eigenvalue weighted by Gasteiger charge is -2.41. The van der Waals surface area contributed by atoms with Crippen LogP contribution in [0.5, 0.6) is 0 Å². The summed E-state index contributed by atoms with van der Waals surface area (Å²) in [6.07, 6.45) is 4.22. The highest BCUT2D eigenvalue weighted by molar-refractivity contribution is 9.09. The normalized spacial score (nSPS) is 25.5. The van der Waals surface area contributed by atoms with E-state index in [1.807, 2.05) is 20.8 Å². The second-order valence-electron chi connectivity index (χ2n) is 7.69. The van der Waals surface area contributed by atoms with Crippen molar-refractivity contribution in [1.82, 2.24) is 4.90 Å². The molecule has 1 aliphatic heterocycles. The van der Waals surface area contributed by atoms with E-state index >= 15 is 0 Å². The lowest BCUT2D eigenvalue weighted by molar-refractivity contribution is -0.0904. The average Bonchev–Trinajstić information content (AvgIpc) is 3.29. The van der Waals surface area contributed by atoms with Crippen LogP contribution in [0.3, 0.4) is 0 Å². The van der Waals surface area contributed by atoms with Gasteiger partial charge in [-0.25, -0.2) is 4.79 Å². The van der Waals surface area contributed by atoms with Crippen LogP contribution in [0.25, 0.3) is 0 Å². The van der Waals surface area contributed by atoms with Crippen molar-refractivity contribution < 1.29 is 19.0 Å². The predicted molar refractivity (Wildman–Crippen MR) is 93.1 cm³/mol. The Balaban J connectivity index is 1.78. The lowest BCUT2D eigenvalue weighted by Crippen LogP contribution is -2.54. The van der Waals surface area contributed by atoms with E-state index in [0.717, 1.165) is 31.9 Å². The van der Waals surface area contributed by atoms with Gasteiger partial charge in [0.2, 0.25) is 0 Å². The maximum absolute atomic E-state index is 12.3. The summed E-state index contributed by atoms with van der Waals surface area (Å²) in [7, 11) is 0. The molecule has 0 aromatic rings. The third kappa shape index (κ3) is 6.59. The standard InChI is InChI=1S/C17H30BrNO4/c1-16(2,3)23-15(20)19-8-4-7-17(12-18,13-19)22-10-9-21-11-14-5-6-14/h14H,4-13H2,1-3H3. The number of carbonyl (C=O) groups is 1. The molecule has 2 rings (SSSR count). The van der Waals surface area contributed by atoms with Gasteiger partial charge in [0, 0.05) is 18.5 Å². The summed E-state index contributed by atoms with van der Waals surface area (Å²) >= 11 is 3.56. The summed E-state index contributed by atoms with van der Waals surface area (Å²) in [5.74, 6) is 0.775. The van der Waals surface area contributed by atoms with Crippen molar-refractivity contribution in [2.45, 2.75) is 57.7 Å². The minimum absolute atomic E-state index is 0.254. The Kier molecular flexibility index (Phi) is 6.75. The smallest absolute Gasteiger partial charge is 0.410 e. The summed E-state index contributed by atoms with van der Waals surface area (Å²) in [5, 5.41) is 0.710. The molecule has 1 amide bonds. The summed E-state index contributed by atoms with van der Waals surface area (Å²) in [6.45, 7) is 9.01. The van der Waals surface area contributed by atoms with Crippen LogP contribution in [0.4, 0.5) is 4.79 Å². The van der Waals surface area contributed by atoms with Gasteiger partial charge in [-0.05, 0) is 52.4 Å². The zero-order valence-electron chi connectivity index (χ0n) is 14.6. The molecular formula is C17H30BrNO4. The van der Waals surface area contributed by atoms with E-state index in [0.29, 0.717) is 25.1 Å². The minimum Gasteiger partial charge on any atom is -0.444 e. The number of hydrogen-bond donors (Lipinski definition) is 0. The monoisotopic (exact) mass is 391 g/mol. The van der Waals surface area contributed by atoms with E-state index in [1.54, 1.807) is 4.90 Å². The highest BCUT2D eigenvalue weighted by atomic mass is 79.9. The molecule has 1 aliphatic carbocycles. The number of rotatable bonds is 7. The topological polar surface area (TPSA) is 48.0 Å². The molecule has 2 fully saturated rings. The third-order valence-electron chi connectivity index (χ3n) is 4.12. The summed E-state index contributed by atoms with van der Waals surface area (Å²) in [4.78, 5) is 14.0. The molecule has 1 unspecified atom stereocenters. The van der Waals surface area contributed by atoms with Crippen molar-refractivity contribution in [1.29, 1.82) is 0 Å². The molecule has 0 N–H and O–H groups in total. The van der Waals surface area contributed by atoms with Gasteiger partial charge in [0.25, 0.3) is 0 Å². The maximum atomic E-state index is 12.3. The second kappa shape index (κ2) is 8.17. The number of carbonyl (C=O) groups excluding carboxylic acids is 1. The first-order valence-corrected chi connectivity index (χ1v) is 9.71. The first-order valence-electron chi connectivity index (χ1n) is 8.59. The Morgan fingerprint density at radius 2 is 2.04 bits per heavy atom. The SMILES string of the molecule is CC(C)(C)OC(=O)N1CCCC(CBr)(OCCOCC2CC2)C1. The van der Waals surface area contributed by atoms with Gasteiger partial charge < -0.3 is 19.1 Å². The van der Waals surface area contributed by atoms with Crippen LogP contribution in [-0.2, 0) is 14.2 Å². The van der Waals surface area contributed by atoms with Gasteiger partial charge in [-0.1, -0.05) is 15.9 Å². The zero-order chi connectivity index (χ0) is 16.9. The highest BCUT2D eigenvalue weighted by Crippen LogP contribution is 2.30. The molecule has 23 heavy (non-hydrogen) atoms. The van der Waals surface area contributed by atoms with Gasteiger partial charge in [0.15, 0.2) is 0 Å². The van der Waals surface area contributed by atoms with E-state index in [9.17, 15) is 4.79 Å². The first kappa shape index (κ1) is 19.0. The molecule has 0 aromatic heterocycles. The quantitative estimate of drug-likeness (QED) is 0.491. The Morgan fingerprint density at radius 1 is 1.30 bits per heavy atom. The largest absolute Gasteiger partial charge is 0.444 e. The molecule has 1 saturated carbocycles. The molecule has 5 nitrogen and oxygen atoms in total.